The lowest BCUT2D eigenvalue weighted by atomic mass is 10.2. The Labute approximate surface area is 127 Å². The van der Waals surface area contributed by atoms with Gasteiger partial charge in [0, 0.05) is 17.0 Å². The van der Waals surface area contributed by atoms with Crippen molar-refractivity contribution in [2.24, 2.45) is 0 Å². The van der Waals surface area contributed by atoms with Crippen molar-refractivity contribution < 1.29 is 4.74 Å². The van der Waals surface area contributed by atoms with Crippen molar-refractivity contribution >= 4 is 28.6 Å². The summed E-state index contributed by atoms with van der Waals surface area (Å²) in [5.74, 6) is 1.55. The molecule has 4 rings (SSSR count). The van der Waals surface area contributed by atoms with Gasteiger partial charge in [0.2, 0.25) is 0 Å². The second-order valence-corrected chi connectivity index (χ2v) is 6.85. The van der Waals surface area contributed by atoms with E-state index in [0.29, 0.717) is 11.6 Å². The minimum absolute atomic E-state index is 0.686. The van der Waals surface area contributed by atoms with Crippen LogP contribution in [0.25, 0.3) is 0 Å². The van der Waals surface area contributed by atoms with Crippen LogP contribution in [0.4, 0.5) is 5.69 Å². The second-order valence-electron chi connectivity index (χ2n) is 5.30. The van der Waals surface area contributed by atoms with Crippen LogP contribution in [-0.2, 0) is 6.54 Å². The highest BCUT2D eigenvalue weighted by atomic mass is 35.5. The Hall–Kier alpha value is -1.26. The summed E-state index contributed by atoms with van der Waals surface area (Å²) in [6, 6.07) is 5.93. The maximum absolute atomic E-state index is 6.20. The first-order valence-electron chi connectivity index (χ1n) is 6.92. The molecule has 0 spiro atoms. The van der Waals surface area contributed by atoms with Crippen LogP contribution in [0.5, 0.6) is 5.75 Å². The van der Waals surface area contributed by atoms with Crippen LogP contribution >= 0.6 is 22.9 Å². The molecule has 0 saturated heterocycles. The van der Waals surface area contributed by atoms with Gasteiger partial charge in [-0.05, 0) is 25.0 Å². The topological polar surface area (TPSA) is 25.4 Å². The van der Waals surface area contributed by atoms with E-state index in [0.717, 1.165) is 30.4 Å². The molecule has 1 fully saturated rings. The van der Waals surface area contributed by atoms with E-state index in [-0.39, 0.29) is 0 Å². The number of hydrogen-bond donors (Lipinski definition) is 0. The van der Waals surface area contributed by atoms with Crippen LogP contribution in [0.1, 0.15) is 28.6 Å². The van der Waals surface area contributed by atoms with Gasteiger partial charge in [-0.1, -0.05) is 17.7 Å². The van der Waals surface area contributed by atoms with Crippen molar-refractivity contribution in [3.63, 3.8) is 0 Å². The lowest BCUT2D eigenvalue weighted by Gasteiger charge is -2.31. The third-order valence-corrected chi connectivity index (χ3v) is 5.18. The Morgan fingerprint density at radius 3 is 3.15 bits per heavy atom. The van der Waals surface area contributed by atoms with E-state index < -0.39 is 0 Å². The fourth-order valence-electron chi connectivity index (χ4n) is 2.53. The monoisotopic (exact) mass is 306 g/mol. The number of halogens is 1. The van der Waals surface area contributed by atoms with E-state index in [9.17, 15) is 0 Å². The zero-order chi connectivity index (χ0) is 13.5. The third-order valence-electron chi connectivity index (χ3n) is 3.74. The van der Waals surface area contributed by atoms with Crippen molar-refractivity contribution in [1.29, 1.82) is 0 Å². The van der Waals surface area contributed by atoms with Gasteiger partial charge in [-0.3, -0.25) is 0 Å². The number of hydrogen-bond acceptors (Lipinski definition) is 4. The molecule has 5 heteroatoms. The number of rotatable bonds is 3. The van der Waals surface area contributed by atoms with Crippen molar-refractivity contribution in [3.8, 4) is 5.75 Å². The van der Waals surface area contributed by atoms with E-state index in [1.165, 1.54) is 22.7 Å². The number of aromatic nitrogens is 1. The third kappa shape index (κ3) is 2.27. The molecule has 2 aliphatic rings. The summed E-state index contributed by atoms with van der Waals surface area (Å²) in [7, 11) is 0. The summed E-state index contributed by atoms with van der Waals surface area (Å²) in [4.78, 5) is 8.20. The number of benzene rings is 1. The van der Waals surface area contributed by atoms with Crippen molar-refractivity contribution in [2.45, 2.75) is 25.3 Å². The Morgan fingerprint density at radius 1 is 1.40 bits per heavy atom. The summed E-state index contributed by atoms with van der Waals surface area (Å²) >= 11 is 8.05. The van der Waals surface area contributed by atoms with Crippen LogP contribution in [-0.4, -0.2) is 18.1 Å². The summed E-state index contributed by atoms with van der Waals surface area (Å²) in [5, 5.41) is 2.00. The second kappa shape index (κ2) is 4.93. The van der Waals surface area contributed by atoms with Gasteiger partial charge in [-0.25, -0.2) is 4.98 Å². The molecule has 1 aromatic heterocycles. The molecule has 1 aromatic carbocycles. The number of para-hydroxylation sites is 1. The van der Waals surface area contributed by atoms with Gasteiger partial charge in [0.1, 0.15) is 6.61 Å². The van der Waals surface area contributed by atoms with E-state index in [4.69, 9.17) is 16.3 Å². The summed E-state index contributed by atoms with van der Waals surface area (Å²) in [6.07, 6.45) is 4.64. The van der Waals surface area contributed by atoms with Gasteiger partial charge in [0.15, 0.2) is 5.75 Å². The van der Waals surface area contributed by atoms with Crippen molar-refractivity contribution in [1.82, 2.24) is 4.98 Å². The van der Waals surface area contributed by atoms with Gasteiger partial charge < -0.3 is 9.64 Å². The number of thiazole rings is 1. The van der Waals surface area contributed by atoms with Gasteiger partial charge in [-0.15, -0.1) is 11.3 Å². The molecule has 0 bridgehead atoms. The smallest absolute Gasteiger partial charge is 0.161 e. The molecule has 0 radical (unpaired) electrons. The molecule has 0 N–H and O–H groups in total. The van der Waals surface area contributed by atoms with E-state index >= 15 is 0 Å². The fraction of sp³-hybridized carbons (Fsp3) is 0.400. The summed E-state index contributed by atoms with van der Waals surface area (Å²) < 4.78 is 5.69. The maximum Gasteiger partial charge on any atom is 0.161 e. The number of nitrogens with zero attached hydrogens (tertiary/aromatic N) is 2. The first-order valence-corrected chi connectivity index (χ1v) is 8.11. The minimum Gasteiger partial charge on any atom is -0.488 e. The number of ether oxygens (including phenoxy) is 1. The molecule has 1 aliphatic carbocycles. The highest BCUT2D eigenvalue weighted by molar-refractivity contribution is 7.11. The molecule has 2 heterocycles. The van der Waals surface area contributed by atoms with Crippen LogP contribution in [0.2, 0.25) is 5.02 Å². The van der Waals surface area contributed by atoms with Crippen molar-refractivity contribution in [2.75, 3.05) is 18.1 Å². The highest BCUT2D eigenvalue weighted by Gasteiger charge is 2.27. The molecule has 104 valence electrons. The van der Waals surface area contributed by atoms with Crippen LogP contribution in [0, 0.1) is 0 Å². The normalized spacial score (nSPS) is 17.8. The Bertz CT molecular complexity index is 639. The lowest BCUT2D eigenvalue weighted by molar-refractivity contribution is 0.307. The molecule has 1 saturated carbocycles. The molecule has 0 atom stereocenters. The van der Waals surface area contributed by atoms with Gasteiger partial charge >= 0.3 is 0 Å². The van der Waals surface area contributed by atoms with E-state index in [1.807, 2.05) is 29.7 Å². The van der Waals surface area contributed by atoms with Gasteiger partial charge in [0.25, 0.3) is 0 Å². The zero-order valence-electron chi connectivity index (χ0n) is 11.0. The van der Waals surface area contributed by atoms with Gasteiger partial charge in [-0.2, -0.15) is 0 Å². The molecular weight excluding hydrogens is 292 g/mol. The van der Waals surface area contributed by atoms with E-state index in [1.54, 1.807) is 0 Å². The van der Waals surface area contributed by atoms with E-state index in [2.05, 4.69) is 16.0 Å². The maximum atomic E-state index is 6.20. The lowest BCUT2D eigenvalue weighted by Crippen LogP contribution is -2.32. The van der Waals surface area contributed by atoms with Crippen molar-refractivity contribution in [3.05, 3.63) is 39.3 Å². The molecule has 3 nitrogen and oxygen atoms in total. The molecule has 2 aromatic rings. The average molecular weight is 307 g/mol. The quantitative estimate of drug-likeness (QED) is 0.854. The zero-order valence-corrected chi connectivity index (χ0v) is 12.6. The highest BCUT2D eigenvalue weighted by Crippen LogP contribution is 2.43. The molecule has 0 amide bonds. The molecule has 20 heavy (non-hydrogen) atoms. The first-order chi connectivity index (χ1) is 9.81. The number of fused-ring (bicyclic) bond motifs is 1. The predicted octanol–water partition coefficient (Wildman–Crippen LogP) is 4.07. The molecule has 1 aliphatic heterocycles. The average Bonchev–Trinajstić information content (AvgIpc) is 3.21. The first kappa shape index (κ1) is 12.5. The molecular formula is C15H15ClN2OS. The standard InChI is InChI=1S/C15H15ClN2OS/c16-12-2-1-3-13-14(12)19-7-6-18(13)9-11-8-17-15(20-11)10-4-5-10/h1-3,8,10H,4-7,9H2. The van der Waals surface area contributed by atoms with Gasteiger partial charge in [0.05, 0.1) is 28.8 Å². The Kier molecular flexibility index (Phi) is 3.08. The van der Waals surface area contributed by atoms with Crippen LogP contribution in [0.15, 0.2) is 24.4 Å². The summed E-state index contributed by atoms with van der Waals surface area (Å²) in [5.41, 5.74) is 1.09. The Morgan fingerprint density at radius 2 is 2.30 bits per heavy atom. The molecule has 0 unspecified atom stereocenters. The van der Waals surface area contributed by atoms with Crippen LogP contribution in [0.3, 0.4) is 0 Å². The van der Waals surface area contributed by atoms with Crippen LogP contribution < -0.4 is 9.64 Å². The predicted molar refractivity (Wildman–Crippen MR) is 82.1 cm³/mol. The fourth-order valence-corrected chi connectivity index (χ4v) is 3.86. The Balaban J connectivity index is 1.58. The largest absolute Gasteiger partial charge is 0.488 e. The minimum atomic E-state index is 0.686. The summed E-state index contributed by atoms with van der Waals surface area (Å²) in [6.45, 7) is 2.47. The SMILES string of the molecule is Clc1cccc2c1OCCN2Cc1cnc(C2CC2)s1. The number of anilines is 1.